The molecule has 1 fully saturated rings. The van der Waals surface area contributed by atoms with Crippen molar-refractivity contribution in [1.29, 1.82) is 0 Å². The van der Waals surface area contributed by atoms with Crippen molar-refractivity contribution >= 4 is 33.2 Å². The molecule has 174 valence electrons. The predicted octanol–water partition coefficient (Wildman–Crippen LogP) is 3.42. The van der Waals surface area contributed by atoms with Crippen LogP contribution < -0.4 is 14.4 Å². The van der Waals surface area contributed by atoms with Crippen molar-refractivity contribution in [3.63, 3.8) is 0 Å². The number of amides is 1. The summed E-state index contributed by atoms with van der Waals surface area (Å²) >= 11 is 6.05. The number of sulfonamides is 1. The zero-order valence-electron chi connectivity index (χ0n) is 18.5. The number of hydrogen-bond donors (Lipinski definition) is 1. The molecule has 0 atom stereocenters. The van der Waals surface area contributed by atoms with Crippen molar-refractivity contribution in [2.45, 2.75) is 32.4 Å². The van der Waals surface area contributed by atoms with Crippen molar-refractivity contribution < 1.29 is 17.9 Å². The van der Waals surface area contributed by atoms with Gasteiger partial charge in [0.1, 0.15) is 12.3 Å². The molecule has 1 aliphatic heterocycles. The number of carbonyl (C=O) groups is 1. The number of nitrogens with one attached hydrogen (secondary N) is 1. The fourth-order valence-corrected chi connectivity index (χ4v) is 4.86. The van der Waals surface area contributed by atoms with Gasteiger partial charge in [-0.3, -0.25) is 14.0 Å². The molecule has 0 radical (unpaired) electrons. The van der Waals surface area contributed by atoms with Crippen LogP contribution in [0.5, 0.6) is 5.75 Å². The lowest BCUT2D eigenvalue weighted by atomic mass is 10.1. The number of carbonyl (C=O) groups excluding carboxylic acids is 1. The Labute approximate surface area is 195 Å². The lowest BCUT2D eigenvalue weighted by Crippen LogP contribution is -2.40. The second-order valence-corrected chi connectivity index (χ2v) is 10.4. The van der Waals surface area contributed by atoms with Crippen molar-refractivity contribution in [2.75, 3.05) is 37.3 Å². The minimum absolute atomic E-state index is 0.223. The van der Waals surface area contributed by atoms with E-state index in [0.29, 0.717) is 17.3 Å². The molecule has 0 unspecified atom stereocenters. The first kappa shape index (κ1) is 24.4. The highest BCUT2D eigenvalue weighted by atomic mass is 35.5. The topological polar surface area (TPSA) is 79.0 Å². The average Bonchev–Trinajstić information content (AvgIpc) is 2.76. The average molecular weight is 480 g/mol. The number of nitrogens with zero attached hydrogens (tertiary/aromatic N) is 2. The lowest BCUT2D eigenvalue weighted by molar-refractivity contribution is -0.119. The van der Waals surface area contributed by atoms with Gasteiger partial charge in [0.05, 0.1) is 19.1 Å². The second kappa shape index (κ2) is 11.0. The Morgan fingerprint density at radius 1 is 1.12 bits per heavy atom. The van der Waals surface area contributed by atoms with Gasteiger partial charge in [-0.1, -0.05) is 42.3 Å². The molecule has 9 heteroatoms. The molecule has 1 N–H and O–H groups in total. The number of piperidine rings is 1. The largest absolute Gasteiger partial charge is 0.495 e. The van der Waals surface area contributed by atoms with Gasteiger partial charge in [-0.05, 0) is 55.3 Å². The summed E-state index contributed by atoms with van der Waals surface area (Å²) in [6.45, 7) is 3.09. The second-order valence-electron chi connectivity index (χ2n) is 8.02. The first-order valence-electron chi connectivity index (χ1n) is 10.6. The Morgan fingerprint density at radius 3 is 2.53 bits per heavy atom. The molecular weight excluding hydrogens is 450 g/mol. The van der Waals surface area contributed by atoms with E-state index in [4.69, 9.17) is 16.3 Å². The van der Waals surface area contributed by atoms with Gasteiger partial charge in [-0.15, -0.1) is 0 Å². The lowest BCUT2D eigenvalue weighted by Gasteiger charge is -2.26. The Bertz CT molecular complexity index is 1040. The molecule has 1 heterocycles. The maximum absolute atomic E-state index is 12.6. The molecular formula is C23H30ClN3O4S. The molecule has 1 aliphatic rings. The third kappa shape index (κ3) is 6.85. The normalized spacial score (nSPS) is 14.7. The molecule has 0 aromatic heterocycles. The summed E-state index contributed by atoms with van der Waals surface area (Å²) in [5, 5.41) is 3.17. The van der Waals surface area contributed by atoms with Crippen LogP contribution in [-0.4, -0.2) is 52.2 Å². The van der Waals surface area contributed by atoms with E-state index in [-0.39, 0.29) is 12.2 Å². The summed E-state index contributed by atoms with van der Waals surface area (Å²) in [6, 6.07) is 12.8. The first-order chi connectivity index (χ1) is 15.3. The van der Waals surface area contributed by atoms with E-state index in [1.165, 1.54) is 38.0 Å². The number of ether oxygens (including phenoxy) is 1. The van der Waals surface area contributed by atoms with E-state index in [1.807, 2.05) is 12.1 Å². The molecule has 2 aromatic rings. The van der Waals surface area contributed by atoms with Gasteiger partial charge in [0.25, 0.3) is 0 Å². The number of likely N-dealkylation sites (tertiary alicyclic amines) is 1. The van der Waals surface area contributed by atoms with Crippen LogP contribution in [0.15, 0.2) is 42.5 Å². The van der Waals surface area contributed by atoms with Crippen LogP contribution in [0.1, 0.15) is 30.4 Å². The van der Waals surface area contributed by atoms with Crippen LogP contribution >= 0.6 is 11.6 Å². The van der Waals surface area contributed by atoms with Gasteiger partial charge in [-0.25, -0.2) is 8.42 Å². The molecule has 0 bridgehead atoms. The van der Waals surface area contributed by atoms with Gasteiger partial charge in [0.2, 0.25) is 15.9 Å². The Kier molecular flexibility index (Phi) is 8.39. The molecule has 0 aliphatic carbocycles. The van der Waals surface area contributed by atoms with Crippen molar-refractivity contribution in [1.82, 2.24) is 10.2 Å². The van der Waals surface area contributed by atoms with E-state index >= 15 is 0 Å². The fourth-order valence-electron chi connectivity index (χ4n) is 3.84. The molecule has 2 aromatic carbocycles. The van der Waals surface area contributed by atoms with Crippen molar-refractivity contribution in [3.05, 3.63) is 58.6 Å². The SMILES string of the molecule is COc1ccc(Cl)cc1N(CC(=O)NCc1cccc(CN2CCCCC2)c1)S(C)(=O)=O. The van der Waals surface area contributed by atoms with E-state index in [1.54, 1.807) is 12.1 Å². The highest BCUT2D eigenvalue weighted by Crippen LogP contribution is 2.32. The fraction of sp³-hybridized carbons (Fsp3) is 0.435. The van der Waals surface area contributed by atoms with E-state index in [9.17, 15) is 13.2 Å². The van der Waals surface area contributed by atoms with Crippen LogP contribution in [0.3, 0.4) is 0 Å². The number of halogens is 1. The summed E-state index contributed by atoms with van der Waals surface area (Å²) in [7, 11) is -2.31. The Hall–Kier alpha value is -2.29. The van der Waals surface area contributed by atoms with Crippen LogP contribution in [-0.2, 0) is 27.9 Å². The van der Waals surface area contributed by atoms with Gasteiger partial charge in [-0.2, -0.15) is 0 Å². The van der Waals surface area contributed by atoms with Crippen LogP contribution in [0.2, 0.25) is 5.02 Å². The first-order valence-corrected chi connectivity index (χ1v) is 12.9. The minimum atomic E-state index is -3.74. The highest BCUT2D eigenvalue weighted by Gasteiger charge is 2.24. The third-order valence-electron chi connectivity index (χ3n) is 5.43. The van der Waals surface area contributed by atoms with Crippen molar-refractivity contribution in [2.24, 2.45) is 0 Å². The van der Waals surface area contributed by atoms with Gasteiger partial charge in [0, 0.05) is 18.1 Å². The van der Waals surface area contributed by atoms with Gasteiger partial charge < -0.3 is 10.1 Å². The molecule has 7 nitrogen and oxygen atoms in total. The van der Waals surface area contributed by atoms with Crippen LogP contribution in [0.25, 0.3) is 0 Å². The van der Waals surface area contributed by atoms with Crippen LogP contribution in [0, 0.1) is 0 Å². The maximum atomic E-state index is 12.6. The summed E-state index contributed by atoms with van der Waals surface area (Å²) in [5.41, 5.74) is 2.40. The molecule has 1 amide bonds. The summed E-state index contributed by atoms with van der Waals surface area (Å²) in [6.07, 6.45) is 4.83. The number of hydrogen-bond acceptors (Lipinski definition) is 5. The molecule has 0 spiro atoms. The minimum Gasteiger partial charge on any atom is -0.495 e. The quantitative estimate of drug-likeness (QED) is 0.596. The number of methoxy groups -OCH3 is 1. The monoisotopic (exact) mass is 479 g/mol. The number of benzene rings is 2. The number of rotatable bonds is 9. The van der Waals surface area contributed by atoms with E-state index in [0.717, 1.165) is 35.8 Å². The number of anilines is 1. The van der Waals surface area contributed by atoms with E-state index in [2.05, 4.69) is 22.3 Å². The third-order valence-corrected chi connectivity index (χ3v) is 6.79. The van der Waals surface area contributed by atoms with Crippen LogP contribution in [0.4, 0.5) is 5.69 Å². The zero-order valence-corrected chi connectivity index (χ0v) is 20.1. The van der Waals surface area contributed by atoms with Gasteiger partial charge >= 0.3 is 0 Å². The molecule has 0 saturated carbocycles. The zero-order chi connectivity index (χ0) is 23.1. The summed E-state index contributed by atoms with van der Waals surface area (Å²) in [5.74, 6) is -0.100. The molecule has 3 rings (SSSR count). The summed E-state index contributed by atoms with van der Waals surface area (Å²) in [4.78, 5) is 15.1. The maximum Gasteiger partial charge on any atom is 0.241 e. The molecule has 32 heavy (non-hydrogen) atoms. The molecule has 1 saturated heterocycles. The standard InChI is InChI=1S/C23H30ClN3O4S/c1-31-22-10-9-20(24)14-21(22)27(32(2,29)30)17-23(28)25-15-18-7-6-8-19(13-18)16-26-11-4-3-5-12-26/h6-10,13-14H,3-5,11-12,15-17H2,1-2H3,(H,25,28). The summed E-state index contributed by atoms with van der Waals surface area (Å²) < 4.78 is 31.1. The van der Waals surface area contributed by atoms with E-state index < -0.39 is 15.9 Å². The Morgan fingerprint density at radius 2 is 1.84 bits per heavy atom. The van der Waals surface area contributed by atoms with Crippen molar-refractivity contribution in [3.8, 4) is 5.75 Å². The predicted molar refractivity (Wildman–Crippen MR) is 128 cm³/mol. The van der Waals surface area contributed by atoms with Gasteiger partial charge in [0.15, 0.2) is 0 Å². The highest BCUT2D eigenvalue weighted by molar-refractivity contribution is 7.92. The Balaban J connectivity index is 1.65. The smallest absolute Gasteiger partial charge is 0.241 e.